The third-order valence-electron chi connectivity index (χ3n) is 5.14. The minimum Gasteiger partial charge on any atom is -0.320 e. The molecular weight excluding hydrogens is 384 g/mol. The molecule has 1 aromatic carbocycles. The fraction of sp³-hybridized carbons (Fsp3) is 0.421. The van der Waals surface area contributed by atoms with Gasteiger partial charge in [-0.05, 0) is 30.7 Å². The summed E-state index contributed by atoms with van der Waals surface area (Å²) in [5, 5.41) is 8.23. The standard InChI is InChI=1S/C19H21F2N5O3/c1-11-7-12(3-4-15(11)21)22-19(28)25-6-5-16-14(10-25)17-18(27)24(2)29-13(8-20)9-26(17)23-16/h3-4,7,13H,5-6,8-10H2,1-2H3,(H,22,28). The van der Waals surface area contributed by atoms with E-state index in [1.54, 1.807) is 17.9 Å². The van der Waals surface area contributed by atoms with Crippen LogP contribution in [0.5, 0.6) is 0 Å². The van der Waals surface area contributed by atoms with Crippen LogP contribution in [0.25, 0.3) is 0 Å². The third-order valence-corrected chi connectivity index (χ3v) is 5.14. The first-order chi connectivity index (χ1) is 13.9. The zero-order chi connectivity index (χ0) is 20.7. The predicted octanol–water partition coefficient (Wildman–Crippen LogP) is 2.28. The van der Waals surface area contributed by atoms with Crippen LogP contribution in [-0.4, -0.2) is 58.1 Å². The van der Waals surface area contributed by atoms with Gasteiger partial charge >= 0.3 is 6.03 Å². The summed E-state index contributed by atoms with van der Waals surface area (Å²) in [7, 11) is 1.43. The maximum absolute atomic E-state index is 13.4. The Balaban J connectivity index is 1.57. The minimum absolute atomic E-state index is 0.121. The van der Waals surface area contributed by atoms with E-state index in [-0.39, 0.29) is 24.9 Å². The van der Waals surface area contributed by atoms with Crippen LogP contribution in [0.15, 0.2) is 18.2 Å². The monoisotopic (exact) mass is 405 g/mol. The number of rotatable bonds is 2. The van der Waals surface area contributed by atoms with E-state index in [4.69, 9.17) is 4.84 Å². The Morgan fingerprint density at radius 3 is 2.93 bits per heavy atom. The largest absolute Gasteiger partial charge is 0.322 e. The van der Waals surface area contributed by atoms with Crippen molar-refractivity contribution in [3.05, 3.63) is 46.5 Å². The molecule has 29 heavy (non-hydrogen) atoms. The van der Waals surface area contributed by atoms with Gasteiger partial charge in [0.25, 0.3) is 5.91 Å². The van der Waals surface area contributed by atoms with E-state index in [2.05, 4.69) is 10.4 Å². The third kappa shape index (κ3) is 3.55. The number of alkyl halides is 1. The van der Waals surface area contributed by atoms with Gasteiger partial charge in [-0.15, -0.1) is 0 Å². The molecule has 0 bridgehead atoms. The summed E-state index contributed by atoms with van der Waals surface area (Å²) in [6.07, 6.45) is -0.323. The summed E-state index contributed by atoms with van der Waals surface area (Å²) in [4.78, 5) is 32.3. The number of nitrogens with one attached hydrogen (secondary N) is 1. The lowest BCUT2D eigenvalue weighted by atomic mass is 10.1. The van der Waals surface area contributed by atoms with Gasteiger partial charge < -0.3 is 10.2 Å². The lowest BCUT2D eigenvalue weighted by molar-refractivity contribution is -0.152. The number of aryl methyl sites for hydroxylation is 1. The molecule has 2 aliphatic rings. The number of anilines is 1. The van der Waals surface area contributed by atoms with E-state index in [0.29, 0.717) is 35.5 Å². The molecule has 0 saturated carbocycles. The second-order valence-corrected chi connectivity index (χ2v) is 7.21. The van der Waals surface area contributed by atoms with Crippen molar-refractivity contribution in [2.45, 2.75) is 32.5 Å². The molecule has 2 aromatic rings. The summed E-state index contributed by atoms with van der Waals surface area (Å²) in [6.45, 7) is 1.61. The maximum atomic E-state index is 13.4. The summed E-state index contributed by atoms with van der Waals surface area (Å²) in [6, 6.07) is 4.00. The topological polar surface area (TPSA) is 79.7 Å². The Morgan fingerprint density at radius 1 is 1.41 bits per heavy atom. The molecule has 0 spiro atoms. The molecule has 0 saturated heterocycles. The highest BCUT2D eigenvalue weighted by molar-refractivity contribution is 5.94. The average molecular weight is 405 g/mol. The van der Waals surface area contributed by atoms with Crippen LogP contribution in [-0.2, 0) is 24.3 Å². The van der Waals surface area contributed by atoms with Crippen molar-refractivity contribution in [2.75, 3.05) is 25.6 Å². The van der Waals surface area contributed by atoms with Gasteiger partial charge in [0, 0.05) is 31.3 Å². The SMILES string of the molecule is Cc1cc(NC(=O)N2CCc3nn4c(c3C2)C(=O)N(C)OC(CF)C4)ccc1F. The molecule has 8 nitrogen and oxygen atoms in total. The average Bonchev–Trinajstić information content (AvgIpc) is 3.00. The first kappa shape index (κ1) is 19.3. The quantitative estimate of drug-likeness (QED) is 0.831. The number of nitrogens with zero attached hydrogens (tertiary/aromatic N) is 4. The first-order valence-corrected chi connectivity index (χ1v) is 9.28. The summed E-state index contributed by atoms with van der Waals surface area (Å²) in [5.74, 6) is -0.768. The number of hydroxylamine groups is 2. The molecule has 2 aliphatic heterocycles. The lowest BCUT2D eigenvalue weighted by Crippen LogP contribution is -2.39. The first-order valence-electron chi connectivity index (χ1n) is 9.28. The van der Waals surface area contributed by atoms with Gasteiger partial charge in [0.2, 0.25) is 0 Å². The Labute approximate surface area is 166 Å². The molecule has 1 unspecified atom stereocenters. The highest BCUT2D eigenvalue weighted by Crippen LogP contribution is 2.26. The van der Waals surface area contributed by atoms with Crippen LogP contribution in [0.3, 0.4) is 0 Å². The van der Waals surface area contributed by atoms with Crippen molar-refractivity contribution in [3.8, 4) is 0 Å². The molecule has 0 radical (unpaired) electrons. The highest BCUT2D eigenvalue weighted by Gasteiger charge is 2.35. The zero-order valence-corrected chi connectivity index (χ0v) is 16.1. The number of hydrogen-bond donors (Lipinski definition) is 1. The number of carbonyl (C=O) groups is 2. The van der Waals surface area contributed by atoms with Crippen LogP contribution >= 0.6 is 0 Å². The van der Waals surface area contributed by atoms with Crippen molar-refractivity contribution in [1.82, 2.24) is 19.7 Å². The van der Waals surface area contributed by atoms with Crippen molar-refractivity contribution in [2.24, 2.45) is 0 Å². The summed E-state index contributed by atoms with van der Waals surface area (Å²) in [5.41, 5.74) is 2.60. The van der Waals surface area contributed by atoms with E-state index >= 15 is 0 Å². The van der Waals surface area contributed by atoms with Gasteiger partial charge in [-0.1, -0.05) is 0 Å². The Kier molecular flexibility index (Phi) is 4.95. The molecule has 0 fully saturated rings. The number of halogens is 2. The zero-order valence-electron chi connectivity index (χ0n) is 16.1. The van der Waals surface area contributed by atoms with Crippen molar-refractivity contribution >= 4 is 17.6 Å². The second-order valence-electron chi connectivity index (χ2n) is 7.21. The van der Waals surface area contributed by atoms with Crippen LogP contribution in [0.4, 0.5) is 19.3 Å². The number of benzene rings is 1. The Hall–Kier alpha value is -3.01. The molecule has 3 amide bonds. The van der Waals surface area contributed by atoms with Crippen molar-refractivity contribution in [3.63, 3.8) is 0 Å². The fourth-order valence-electron chi connectivity index (χ4n) is 3.62. The number of urea groups is 1. The summed E-state index contributed by atoms with van der Waals surface area (Å²) >= 11 is 0. The number of amides is 3. The van der Waals surface area contributed by atoms with E-state index in [1.165, 1.54) is 23.9 Å². The van der Waals surface area contributed by atoms with Crippen LogP contribution < -0.4 is 5.32 Å². The van der Waals surface area contributed by atoms with Crippen LogP contribution in [0.1, 0.15) is 27.3 Å². The van der Waals surface area contributed by atoms with E-state index in [1.807, 2.05) is 0 Å². The van der Waals surface area contributed by atoms with Gasteiger partial charge in [0.1, 0.15) is 24.3 Å². The predicted molar refractivity (Wildman–Crippen MR) is 99.4 cm³/mol. The second kappa shape index (κ2) is 7.43. The molecule has 1 aromatic heterocycles. The van der Waals surface area contributed by atoms with E-state index < -0.39 is 18.7 Å². The fourth-order valence-corrected chi connectivity index (χ4v) is 3.62. The number of carbonyl (C=O) groups excluding carboxylic acids is 2. The van der Waals surface area contributed by atoms with Gasteiger partial charge in [-0.3, -0.25) is 14.3 Å². The summed E-state index contributed by atoms with van der Waals surface area (Å²) < 4.78 is 28.1. The van der Waals surface area contributed by atoms with Gasteiger partial charge in [0.05, 0.1) is 18.8 Å². The van der Waals surface area contributed by atoms with E-state index in [0.717, 1.165) is 10.8 Å². The molecule has 0 aliphatic carbocycles. The van der Waals surface area contributed by atoms with Gasteiger partial charge in [-0.2, -0.15) is 5.10 Å². The molecule has 1 N–H and O–H groups in total. The van der Waals surface area contributed by atoms with Crippen molar-refractivity contribution in [1.29, 1.82) is 0 Å². The minimum atomic E-state index is -0.798. The van der Waals surface area contributed by atoms with Gasteiger partial charge in [-0.25, -0.2) is 18.6 Å². The smallest absolute Gasteiger partial charge is 0.320 e. The van der Waals surface area contributed by atoms with Crippen LogP contribution in [0.2, 0.25) is 0 Å². The van der Waals surface area contributed by atoms with Crippen LogP contribution in [0, 0.1) is 12.7 Å². The molecular formula is C19H21F2N5O3. The maximum Gasteiger partial charge on any atom is 0.322 e. The molecule has 4 rings (SSSR count). The number of aromatic nitrogens is 2. The molecule has 10 heteroatoms. The molecule has 1 atom stereocenters. The normalized spacial score (nSPS) is 18.9. The van der Waals surface area contributed by atoms with E-state index in [9.17, 15) is 18.4 Å². The highest BCUT2D eigenvalue weighted by atomic mass is 19.1. The van der Waals surface area contributed by atoms with Gasteiger partial charge in [0.15, 0.2) is 0 Å². The van der Waals surface area contributed by atoms with Crippen molar-refractivity contribution < 1.29 is 23.2 Å². The molecule has 3 heterocycles. The Bertz CT molecular complexity index is 977. The molecule has 154 valence electrons. The number of hydrogen-bond acceptors (Lipinski definition) is 4. The Morgan fingerprint density at radius 2 is 2.21 bits per heavy atom. The number of fused-ring (bicyclic) bond motifs is 3. The lowest BCUT2D eigenvalue weighted by Gasteiger charge is -2.27.